The van der Waals surface area contributed by atoms with Crippen molar-refractivity contribution in [3.8, 4) is 0 Å². The summed E-state index contributed by atoms with van der Waals surface area (Å²) in [6.07, 6.45) is 4.41. The molecule has 1 fully saturated rings. The zero-order valence-corrected chi connectivity index (χ0v) is 18.5. The van der Waals surface area contributed by atoms with E-state index in [9.17, 15) is 24.3 Å². The fourth-order valence-electron chi connectivity index (χ4n) is 3.47. The van der Waals surface area contributed by atoms with Gasteiger partial charge < -0.3 is 31.4 Å². The molecule has 0 bridgehead atoms. The number of carboxylic acid groups (broad SMARTS) is 1. The average Bonchev–Trinajstić information content (AvgIpc) is 3.40. The van der Waals surface area contributed by atoms with Crippen LogP contribution in [0, 0.1) is 5.92 Å². The number of aromatic amines is 1. The molecule has 0 aliphatic carbocycles. The Kier molecular flexibility index (Phi) is 8.87. The van der Waals surface area contributed by atoms with Gasteiger partial charge in [0.15, 0.2) is 0 Å². The van der Waals surface area contributed by atoms with E-state index in [0.29, 0.717) is 25.1 Å². The van der Waals surface area contributed by atoms with Crippen molar-refractivity contribution in [2.24, 2.45) is 11.7 Å². The summed E-state index contributed by atoms with van der Waals surface area (Å²) in [6, 6.07) is -3.71. The predicted octanol–water partition coefficient (Wildman–Crippen LogP) is -1.09. The number of imidazole rings is 1. The number of carboxylic acids is 1. The van der Waals surface area contributed by atoms with Crippen LogP contribution < -0.4 is 16.4 Å². The number of rotatable bonds is 10. The standard InChI is InChI=1S/C19H30N6O5S/c1-10(2)15(19(29)30)24-16(26)13(8-31)23-17(27)14-4-3-5-25(14)18(28)12(20)6-11-7-21-9-22-11/h7,9-10,12-15,31H,3-6,8,20H2,1-2H3,(H,21,22)(H,23,27)(H,24,26)(H,29,30). The summed E-state index contributed by atoms with van der Waals surface area (Å²) in [5, 5.41) is 14.3. The molecule has 1 aliphatic heterocycles. The number of likely N-dealkylation sites (tertiary alicyclic amines) is 1. The van der Waals surface area contributed by atoms with Crippen LogP contribution in [0.5, 0.6) is 0 Å². The van der Waals surface area contributed by atoms with Crippen molar-refractivity contribution >= 4 is 36.3 Å². The van der Waals surface area contributed by atoms with Crippen molar-refractivity contribution in [1.82, 2.24) is 25.5 Å². The third-order valence-electron chi connectivity index (χ3n) is 5.20. The smallest absolute Gasteiger partial charge is 0.326 e. The number of nitrogens with zero attached hydrogens (tertiary/aromatic N) is 2. The molecular formula is C19H30N6O5S. The fraction of sp³-hybridized carbons (Fsp3) is 0.632. The van der Waals surface area contributed by atoms with Gasteiger partial charge in [0.25, 0.3) is 0 Å². The molecule has 2 rings (SSSR count). The maximum absolute atomic E-state index is 12.8. The second-order valence-electron chi connectivity index (χ2n) is 7.89. The first-order valence-electron chi connectivity index (χ1n) is 10.1. The maximum Gasteiger partial charge on any atom is 0.326 e. The molecule has 2 heterocycles. The maximum atomic E-state index is 12.8. The summed E-state index contributed by atoms with van der Waals surface area (Å²) in [4.78, 5) is 57.7. The molecule has 12 heteroatoms. The van der Waals surface area contributed by atoms with E-state index >= 15 is 0 Å². The molecule has 0 spiro atoms. The summed E-state index contributed by atoms with van der Waals surface area (Å²) in [5.41, 5.74) is 6.75. The Morgan fingerprint density at radius 2 is 2.06 bits per heavy atom. The lowest BCUT2D eigenvalue weighted by Gasteiger charge is -2.28. The van der Waals surface area contributed by atoms with Crippen molar-refractivity contribution < 1.29 is 24.3 Å². The molecule has 1 aromatic heterocycles. The first-order chi connectivity index (χ1) is 14.6. The number of amides is 3. The van der Waals surface area contributed by atoms with Gasteiger partial charge in [0.05, 0.1) is 12.4 Å². The van der Waals surface area contributed by atoms with Crippen molar-refractivity contribution in [2.75, 3.05) is 12.3 Å². The Hall–Kier alpha value is -2.60. The van der Waals surface area contributed by atoms with E-state index < -0.39 is 42.0 Å². The first-order valence-corrected chi connectivity index (χ1v) is 10.8. The molecular weight excluding hydrogens is 424 g/mol. The lowest BCUT2D eigenvalue weighted by Crippen LogP contribution is -2.57. The highest BCUT2D eigenvalue weighted by atomic mass is 32.1. The topological polar surface area (TPSA) is 171 Å². The van der Waals surface area contributed by atoms with Gasteiger partial charge in [-0.1, -0.05) is 13.8 Å². The highest BCUT2D eigenvalue weighted by molar-refractivity contribution is 7.80. The van der Waals surface area contributed by atoms with Crippen LogP contribution in [0.4, 0.5) is 0 Å². The molecule has 1 aromatic rings. The van der Waals surface area contributed by atoms with E-state index in [0.717, 1.165) is 0 Å². The number of nitrogens with two attached hydrogens (primary N) is 1. The lowest BCUT2D eigenvalue weighted by atomic mass is 10.0. The van der Waals surface area contributed by atoms with Crippen LogP contribution in [0.1, 0.15) is 32.4 Å². The minimum atomic E-state index is -1.16. The number of aliphatic carboxylic acids is 1. The highest BCUT2D eigenvalue weighted by Crippen LogP contribution is 2.19. The second-order valence-corrected chi connectivity index (χ2v) is 8.25. The van der Waals surface area contributed by atoms with Crippen LogP contribution in [-0.4, -0.2) is 80.1 Å². The van der Waals surface area contributed by atoms with E-state index in [4.69, 9.17) is 5.73 Å². The summed E-state index contributed by atoms with van der Waals surface area (Å²) in [5.74, 6) is -3.02. The van der Waals surface area contributed by atoms with Crippen LogP contribution in [0.15, 0.2) is 12.5 Å². The van der Waals surface area contributed by atoms with E-state index in [1.54, 1.807) is 20.0 Å². The monoisotopic (exact) mass is 454 g/mol. The predicted molar refractivity (Wildman–Crippen MR) is 115 cm³/mol. The molecule has 0 saturated carbocycles. The molecule has 1 saturated heterocycles. The molecule has 3 amide bonds. The van der Waals surface area contributed by atoms with Crippen LogP contribution in [-0.2, 0) is 25.6 Å². The van der Waals surface area contributed by atoms with Crippen LogP contribution >= 0.6 is 12.6 Å². The van der Waals surface area contributed by atoms with Gasteiger partial charge in [0.1, 0.15) is 18.1 Å². The number of H-pyrrole nitrogens is 1. The van der Waals surface area contributed by atoms with Gasteiger partial charge in [-0.05, 0) is 18.8 Å². The zero-order valence-electron chi connectivity index (χ0n) is 17.6. The SMILES string of the molecule is CC(C)C(NC(=O)C(CS)NC(=O)C1CCCN1C(=O)C(N)Cc1cnc[nH]1)C(=O)O. The Labute approximate surface area is 185 Å². The highest BCUT2D eigenvalue weighted by Gasteiger charge is 2.38. The Balaban J connectivity index is 2.00. The van der Waals surface area contributed by atoms with Crippen LogP contribution in [0.2, 0.25) is 0 Å². The van der Waals surface area contributed by atoms with E-state index in [1.165, 1.54) is 11.2 Å². The minimum Gasteiger partial charge on any atom is -0.480 e. The molecule has 6 N–H and O–H groups in total. The lowest BCUT2D eigenvalue weighted by molar-refractivity contribution is -0.144. The third-order valence-corrected chi connectivity index (χ3v) is 5.56. The molecule has 11 nitrogen and oxygen atoms in total. The molecule has 0 radical (unpaired) electrons. The average molecular weight is 455 g/mol. The van der Waals surface area contributed by atoms with E-state index in [-0.39, 0.29) is 24.0 Å². The number of hydrogen-bond acceptors (Lipinski definition) is 7. The minimum absolute atomic E-state index is 0.0258. The van der Waals surface area contributed by atoms with Crippen LogP contribution in [0.3, 0.4) is 0 Å². The number of hydrogen-bond donors (Lipinski definition) is 6. The molecule has 0 aromatic carbocycles. The van der Waals surface area contributed by atoms with Gasteiger partial charge in [0, 0.05) is 30.6 Å². The quantitative estimate of drug-likeness (QED) is 0.244. The normalized spacial score (nSPS) is 19.0. The van der Waals surface area contributed by atoms with Gasteiger partial charge >= 0.3 is 5.97 Å². The van der Waals surface area contributed by atoms with Gasteiger partial charge in [-0.2, -0.15) is 12.6 Å². The van der Waals surface area contributed by atoms with Gasteiger partial charge in [0.2, 0.25) is 17.7 Å². The molecule has 1 aliphatic rings. The summed E-state index contributed by atoms with van der Waals surface area (Å²) in [6.45, 7) is 3.73. The van der Waals surface area contributed by atoms with Crippen molar-refractivity contribution in [3.63, 3.8) is 0 Å². The van der Waals surface area contributed by atoms with E-state index in [1.807, 2.05) is 0 Å². The molecule has 4 unspecified atom stereocenters. The van der Waals surface area contributed by atoms with Crippen molar-refractivity contribution in [1.29, 1.82) is 0 Å². The summed E-state index contributed by atoms with van der Waals surface area (Å²) in [7, 11) is 0. The van der Waals surface area contributed by atoms with Crippen molar-refractivity contribution in [3.05, 3.63) is 18.2 Å². The van der Waals surface area contributed by atoms with Gasteiger partial charge in [-0.15, -0.1) is 0 Å². The Morgan fingerprint density at radius 3 is 2.61 bits per heavy atom. The second kappa shape index (κ2) is 11.1. The van der Waals surface area contributed by atoms with Crippen LogP contribution in [0.25, 0.3) is 0 Å². The van der Waals surface area contributed by atoms with Crippen molar-refractivity contribution in [2.45, 2.75) is 57.3 Å². The molecule has 172 valence electrons. The summed E-state index contributed by atoms with van der Waals surface area (Å²) < 4.78 is 0. The van der Waals surface area contributed by atoms with E-state index in [2.05, 4.69) is 33.2 Å². The van der Waals surface area contributed by atoms with Gasteiger partial charge in [-0.3, -0.25) is 14.4 Å². The number of aromatic nitrogens is 2. The van der Waals surface area contributed by atoms with Gasteiger partial charge in [-0.25, -0.2) is 9.78 Å². The Bertz CT molecular complexity index is 787. The number of thiol groups is 1. The largest absolute Gasteiger partial charge is 0.480 e. The first kappa shape index (κ1) is 24.7. The fourth-order valence-corrected chi connectivity index (χ4v) is 3.72. The number of nitrogens with one attached hydrogen (secondary N) is 3. The number of carbonyl (C=O) groups is 4. The molecule has 31 heavy (non-hydrogen) atoms. The zero-order chi connectivity index (χ0) is 23.1. The number of carbonyl (C=O) groups excluding carboxylic acids is 3. The summed E-state index contributed by atoms with van der Waals surface area (Å²) >= 11 is 4.11. The third kappa shape index (κ3) is 6.44. The Morgan fingerprint density at radius 1 is 1.35 bits per heavy atom. The molecule has 4 atom stereocenters.